The van der Waals surface area contributed by atoms with Gasteiger partial charge in [0.1, 0.15) is 34.6 Å². The van der Waals surface area contributed by atoms with E-state index >= 15 is 0 Å². The number of carboxylic acids is 1. The fourth-order valence-corrected chi connectivity index (χ4v) is 4.05. The highest BCUT2D eigenvalue weighted by Crippen LogP contribution is 2.33. The second kappa shape index (κ2) is 8.92. The predicted molar refractivity (Wildman–Crippen MR) is 118 cm³/mol. The van der Waals surface area contributed by atoms with Crippen LogP contribution >= 0.6 is 0 Å². The lowest BCUT2D eigenvalue weighted by atomic mass is 10.1. The number of phenols is 1. The van der Waals surface area contributed by atoms with Gasteiger partial charge in [0.2, 0.25) is 11.2 Å². The van der Waals surface area contributed by atoms with Gasteiger partial charge in [0.15, 0.2) is 0 Å². The van der Waals surface area contributed by atoms with Crippen LogP contribution in [-0.4, -0.2) is 40.3 Å². The number of aliphatic carboxylic acids is 1. The van der Waals surface area contributed by atoms with Gasteiger partial charge in [-0.3, -0.25) is 14.5 Å². The van der Waals surface area contributed by atoms with Crippen molar-refractivity contribution in [2.24, 2.45) is 0 Å². The van der Waals surface area contributed by atoms with Crippen LogP contribution in [-0.2, 0) is 11.3 Å². The Morgan fingerprint density at radius 1 is 1.19 bits per heavy atom. The van der Waals surface area contributed by atoms with Gasteiger partial charge in [-0.15, -0.1) is 0 Å². The zero-order valence-corrected chi connectivity index (χ0v) is 18.0. The summed E-state index contributed by atoms with van der Waals surface area (Å²) < 4.78 is 17.2. The quantitative estimate of drug-likeness (QED) is 0.568. The number of aryl methyl sites for hydroxylation is 1. The molecule has 0 spiro atoms. The molecule has 1 atom stereocenters. The van der Waals surface area contributed by atoms with Gasteiger partial charge in [-0.2, -0.15) is 0 Å². The van der Waals surface area contributed by atoms with Gasteiger partial charge in [0, 0.05) is 6.54 Å². The molecule has 4 rings (SSSR count). The summed E-state index contributed by atoms with van der Waals surface area (Å²) in [7, 11) is 0. The first-order chi connectivity index (χ1) is 15.4. The summed E-state index contributed by atoms with van der Waals surface area (Å²) in [6.07, 6.45) is 1.30. The van der Waals surface area contributed by atoms with Crippen LogP contribution in [0, 0.1) is 6.92 Å². The number of benzene rings is 2. The van der Waals surface area contributed by atoms with Crippen LogP contribution < -0.4 is 14.9 Å². The molecule has 2 heterocycles. The summed E-state index contributed by atoms with van der Waals surface area (Å²) in [4.78, 5) is 26.5. The van der Waals surface area contributed by atoms with E-state index in [9.17, 15) is 19.8 Å². The second-order valence-corrected chi connectivity index (χ2v) is 7.73. The zero-order valence-electron chi connectivity index (χ0n) is 18.0. The maximum absolute atomic E-state index is 13.2. The summed E-state index contributed by atoms with van der Waals surface area (Å²) >= 11 is 0. The molecule has 1 aromatic heterocycles. The van der Waals surface area contributed by atoms with E-state index < -0.39 is 12.0 Å². The van der Waals surface area contributed by atoms with Gasteiger partial charge in [-0.05, 0) is 69.6 Å². The second-order valence-electron chi connectivity index (χ2n) is 7.73. The van der Waals surface area contributed by atoms with Crippen molar-refractivity contribution in [1.82, 2.24) is 4.90 Å². The van der Waals surface area contributed by atoms with Crippen molar-refractivity contribution in [1.29, 1.82) is 0 Å². The number of hydrogen-bond donors (Lipinski definition) is 2. The number of aromatic hydroxyl groups is 1. The fraction of sp³-hybridized carbons (Fsp3) is 0.333. The maximum Gasteiger partial charge on any atom is 0.320 e. The molecule has 1 fully saturated rings. The molecule has 0 bridgehead atoms. The normalized spacial score (nSPS) is 16.4. The van der Waals surface area contributed by atoms with Crippen molar-refractivity contribution < 1.29 is 28.9 Å². The van der Waals surface area contributed by atoms with E-state index in [1.165, 1.54) is 12.1 Å². The highest BCUT2D eigenvalue weighted by Gasteiger charge is 2.32. The highest BCUT2D eigenvalue weighted by atomic mass is 16.5. The summed E-state index contributed by atoms with van der Waals surface area (Å²) in [6, 6.07) is 9.20. The van der Waals surface area contributed by atoms with E-state index in [1.54, 1.807) is 36.1 Å². The van der Waals surface area contributed by atoms with Gasteiger partial charge in [0.25, 0.3) is 0 Å². The minimum atomic E-state index is -0.897. The topological polar surface area (TPSA) is 109 Å². The summed E-state index contributed by atoms with van der Waals surface area (Å²) in [6.45, 7) is 4.82. The smallest absolute Gasteiger partial charge is 0.320 e. The predicted octanol–water partition coefficient (Wildman–Crippen LogP) is 4.05. The number of phenolic OH excluding ortho intramolecular Hbond substituents is 1. The first-order valence-corrected chi connectivity index (χ1v) is 10.5. The molecular weight excluding hydrogens is 414 g/mol. The highest BCUT2D eigenvalue weighted by molar-refractivity contribution is 5.83. The lowest BCUT2D eigenvalue weighted by Crippen LogP contribution is -2.35. The van der Waals surface area contributed by atoms with E-state index in [2.05, 4.69) is 0 Å². The molecular formula is C24H25NO7. The molecule has 32 heavy (non-hydrogen) atoms. The maximum atomic E-state index is 13.2. The summed E-state index contributed by atoms with van der Waals surface area (Å²) in [5.41, 5.74) is 0.265. The number of carboxylic acid groups (broad SMARTS) is 1. The number of nitrogens with zero attached hydrogens (tertiary/aromatic N) is 1. The van der Waals surface area contributed by atoms with Crippen molar-refractivity contribution in [3.05, 3.63) is 57.9 Å². The molecule has 0 aliphatic carbocycles. The molecule has 1 unspecified atom stereocenters. The SMILES string of the molecule is CCOc1ccc(Oc2c(C)oc3c(CN4CCCC4C(=O)O)c(O)ccc3c2=O)cc1. The molecule has 1 saturated heterocycles. The third kappa shape index (κ3) is 4.13. The first-order valence-electron chi connectivity index (χ1n) is 10.5. The number of ether oxygens (including phenoxy) is 2. The summed E-state index contributed by atoms with van der Waals surface area (Å²) in [5.74, 6) is 0.539. The van der Waals surface area contributed by atoms with Gasteiger partial charge in [0.05, 0.1) is 17.6 Å². The van der Waals surface area contributed by atoms with E-state index in [-0.39, 0.29) is 40.2 Å². The Kier molecular flexibility index (Phi) is 6.05. The van der Waals surface area contributed by atoms with Crippen molar-refractivity contribution in [2.75, 3.05) is 13.2 Å². The molecule has 8 nitrogen and oxygen atoms in total. The van der Waals surface area contributed by atoms with Gasteiger partial charge in [-0.1, -0.05) is 0 Å². The zero-order chi connectivity index (χ0) is 22.8. The van der Waals surface area contributed by atoms with Gasteiger partial charge < -0.3 is 24.1 Å². The Labute approximate surface area is 184 Å². The molecule has 0 radical (unpaired) electrons. The third-order valence-electron chi connectivity index (χ3n) is 5.63. The average molecular weight is 439 g/mol. The molecule has 168 valence electrons. The molecule has 2 N–H and O–H groups in total. The molecule has 3 aromatic rings. The monoisotopic (exact) mass is 439 g/mol. The first kappa shape index (κ1) is 21.7. The molecule has 0 saturated carbocycles. The van der Waals surface area contributed by atoms with Crippen LogP contribution in [0.5, 0.6) is 23.0 Å². The standard InChI is InChI=1S/C24H25NO7/c1-3-30-15-6-8-16(9-7-15)32-22-14(2)31-23-17(21(22)27)10-11-20(26)18(23)13-25-12-4-5-19(25)24(28)29/h6-11,19,26H,3-5,12-13H2,1-2H3,(H,28,29). The Bertz CT molecular complexity index is 1200. The number of rotatable bonds is 7. The molecule has 2 aromatic carbocycles. The number of carbonyl (C=O) groups is 1. The van der Waals surface area contributed by atoms with E-state index in [1.807, 2.05) is 6.92 Å². The van der Waals surface area contributed by atoms with Crippen LogP contribution in [0.3, 0.4) is 0 Å². The number of hydrogen-bond acceptors (Lipinski definition) is 7. The lowest BCUT2D eigenvalue weighted by molar-refractivity contribution is -0.142. The van der Waals surface area contributed by atoms with Crippen molar-refractivity contribution in [3.63, 3.8) is 0 Å². The van der Waals surface area contributed by atoms with Crippen LogP contribution in [0.1, 0.15) is 31.1 Å². The van der Waals surface area contributed by atoms with Crippen molar-refractivity contribution in [3.8, 4) is 23.0 Å². The van der Waals surface area contributed by atoms with Crippen LogP contribution in [0.4, 0.5) is 0 Å². The van der Waals surface area contributed by atoms with E-state index in [0.29, 0.717) is 36.6 Å². The van der Waals surface area contributed by atoms with Crippen LogP contribution in [0.15, 0.2) is 45.6 Å². The van der Waals surface area contributed by atoms with Crippen molar-refractivity contribution in [2.45, 2.75) is 39.3 Å². The fourth-order valence-electron chi connectivity index (χ4n) is 4.05. The number of likely N-dealkylation sites (tertiary alicyclic amines) is 1. The summed E-state index contributed by atoms with van der Waals surface area (Å²) in [5, 5.41) is 20.2. The minimum Gasteiger partial charge on any atom is -0.507 e. The van der Waals surface area contributed by atoms with Gasteiger partial charge >= 0.3 is 5.97 Å². The average Bonchev–Trinajstić information content (AvgIpc) is 3.23. The van der Waals surface area contributed by atoms with Gasteiger partial charge in [-0.25, -0.2) is 0 Å². The van der Waals surface area contributed by atoms with Crippen molar-refractivity contribution >= 4 is 16.9 Å². The number of fused-ring (bicyclic) bond motifs is 1. The lowest BCUT2D eigenvalue weighted by Gasteiger charge is -2.22. The molecule has 1 aliphatic heterocycles. The Morgan fingerprint density at radius 3 is 2.59 bits per heavy atom. The van der Waals surface area contributed by atoms with E-state index in [0.717, 1.165) is 6.42 Å². The van der Waals surface area contributed by atoms with E-state index in [4.69, 9.17) is 13.9 Å². The Morgan fingerprint density at radius 2 is 1.91 bits per heavy atom. The van der Waals surface area contributed by atoms with Crippen LogP contribution in [0.25, 0.3) is 11.0 Å². The molecule has 0 amide bonds. The Balaban J connectivity index is 1.70. The molecule has 1 aliphatic rings. The third-order valence-corrected chi connectivity index (χ3v) is 5.63. The Hall–Kier alpha value is -3.52. The minimum absolute atomic E-state index is 0.0451. The van der Waals surface area contributed by atoms with Crippen LogP contribution in [0.2, 0.25) is 0 Å². The largest absolute Gasteiger partial charge is 0.507 e. The molecule has 8 heteroatoms.